The summed E-state index contributed by atoms with van der Waals surface area (Å²) >= 11 is 0. The van der Waals surface area contributed by atoms with Gasteiger partial charge in [-0.25, -0.2) is 4.98 Å². The number of pyridine rings is 1. The Bertz CT molecular complexity index is 338. The minimum absolute atomic E-state index is 0.843. The number of nitrogens with zero attached hydrogens (tertiary/aromatic N) is 3. The molecule has 18 heavy (non-hydrogen) atoms. The number of aromatic nitrogens is 1. The van der Waals surface area contributed by atoms with Crippen molar-refractivity contribution in [2.75, 3.05) is 45.7 Å². The zero-order valence-corrected chi connectivity index (χ0v) is 12.1. The molecule has 0 aliphatic rings. The van der Waals surface area contributed by atoms with Crippen LogP contribution >= 0.6 is 0 Å². The van der Waals surface area contributed by atoms with Crippen molar-refractivity contribution in [1.82, 2.24) is 15.2 Å². The fourth-order valence-corrected chi connectivity index (χ4v) is 1.77. The smallest absolute Gasteiger partial charge is 0.128 e. The molecule has 102 valence electrons. The third kappa shape index (κ3) is 5.47. The molecule has 0 spiro atoms. The molecule has 0 saturated heterocycles. The van der Waals surface area contributed by atoms with Gasteiger partial charge in [0.1, 0.15) is 5.82 Å². The third-order valence-corrected chi connectivity index (χ3v) is 2.84. The SMILES string of the molecule is CCNCc1cccc(N(C)CCCN(C)C)n1. The topological polar surface area (TPSA) is 31.4 Å². The maximum absolute atomic E-state index is 4.66. The lowest BCUT2D eigenvalue weighted by molar-refractivity contribution is 0.401. The van der Waals surface area contributed by atoms with E-state index in [1.807, 2.05) is 0 Å². The Morgan fingerprint density at radius 1 is 1.17 bits per heavy atom. The lowest BCUT2D eigenvalue weighted by Crippen LogP contribution is -2.24. The second-order valence-electron chi connectivity index (χ2n) is 4.85. The van der Waals surface area contributed by atoms with Crippen molar-refractivity contribution in [2.24, 2.45) is 0 Å². The van der Waals surface area contributed by atoms with Crippen LogP contribution in [0.4, 0.5) is 5.82 Å². The van der Waals surface area contributed by atoms with Crippen LogP contribution < -0.4 is 10.2 Å². The lowest BCUT2D eigenvalue weighted by Gasteiger charge is -2.20. The first-order valence-electron chi connectivity index (χ1n) is 6.66. The van der Waals surface area contributed by atoms with Gasteiger partial charge in [-0.15, -0.1) is 0 Å². The first kappa shape index (κ1) is 14.9. The Hall–Kier alpha value is -1.13. The predicted molar refractivity (Wildman–Crippen MR) is 78.1 cm³/mol. The summed E-state index contributed by atoms with van der Waals surface area (Å²) in [5, 5.41) is 3.30. The molecule has 0 aromatic carbocycles. The first-order valence-corrected chi connectivity index (χ1v) is 6.66. The zero-order chi connectivity index (χ0) is 13.4. The van der Waals surface area contributed by atoms with Gasteiger partial charge in [0.05, 0.1) is 5.69 Å². The van der Waals surface area contributed by atoms with E-state index in [1.54, 1.807) is 0 Å². The Labute approximate surface area is 111 Å². The molecular weight excluding hydrogens is 224 g/mol. The number of rotatable bonds is 8. The second-order valence-corrected chi connectivity index (χ2v) is 4.85. The van der Waals surface area contributed by atoms with Crippen LogP contribution in [0.3, 0.4) is 0 Å². The van der Waals surface area contributed by atoms with Crippen molar-refractivity contribution in [3.63, 3.8) is 0 Å². The highest BCUT2D eigenvalue weighted by molar-refractivity contribution is 5.38. The molecule has 0 amide bonds. The van der Waals surface area contributed by atoms with Crippen molar-refractivity contribution in [2.45, 2.75) is 19.9 Å². The van der Waals surface area contributed by atoms with Crippen molar-refractivity contribution in [1.29, 1.82) is 0 Å². The first-order chi connectivity index (χ1) is 8.63. The normalized spacial score (nSPS) is 10.9. The molecule has 1 N–H and O–H groups in total. The molecule has 4 heteroatoms. The Balaban J connectivity index is 2.48. The molecule has 1 aromatic heterocycles. The number of hydrogen-bond acceptors (Lipinski definition) is 4. The predicted octanol–water partition coefficient (Wildman–Crippen LogP) is 1.58. The summed E-state index contributed by atoms with van der Waals surface area (Å²) in [6.45, 7) is 6.08. The second kappa shape index (κ2) is 8.06. The Morgan fingerprint density at radius 3 is 2.61 bits per heavy atom. The minimum atomic E-state index is 0.843. The van der Waals surface area contributed by atoms with Gasteiger partial charge in [-0.1, -0.05) is 13.0 Å². The summed E-state index contributed by atoms with van der Waals surface area (Å²) in [5.41, 5.74) is 1.11. The summed E-state index contributed by atoms with van der Waals surface area (Å²) in [6, 6.07) is 6.22. The average molecular weight is 250 g/mol. The van der Waals surface area contributed by atoms with E-state index in [9.17, 15) is 0 Å². The molecular formula is C14H26N4. The molecule has 0 aliphatic carbocycles. The Morgan fingerprint density at radius 2 is 1.94 bits per heavy atom. The average Bonchev–Trinajstić information content (AvgIpc) is 2.36. The summed E-state index contributed by atoms with van der Waals surface area (Å²) in [6.07, 6.45) is 1.16. The lowest BCUT2D eigenvalue weighted by atomic mass is 10.3. The van der Waals surface area contributed by atoms with Gasteiger partial charge in [0, 0.05) is 20.1 Å². The van der Waals surface area contributed by atoms with Crippen LogP contribution in [0.1, 0.15) is 19.0 Å². The van der Waals surface area contributed by atoms with Gasteiger partial charge in [0.15, 0.2) is 0 Å². The summed E-state index contributed by atoms with van der Waals surface area (Å²) < 4.78 is 0. The van der Waals surface area contributed by atoms with Crippen LogP contribution in [0, 0.1) is 0 Å². The van der Waals surface area contributed by atoms with E-state index in [-0.39, 0.29) is 0 Å². The van der Waals surface area contributed by atoms with E-state index >= 15 is 0 Å². The highest BCUT2D eigenvalue weighted by Gasteiger charge is 2.03. The van der Waals surface area contributed by atoms with E-state index in [2.05, 4.69) is 66.4 Å². The minimum Gasteiger partial charge on any atom is -0.360 e. The van der Waals surface area contributed by atoms with Crippen molar-refractivity contribution < 1.29 is 0 Å². The molecule has 0 radical (unpaired) electrons. The highest BCUT2D eigenvalue weighted by Crippen LogP contribution is 2.10. The van der Waals surface area contributed by atoms with E-state index in [1.165, 1.54) is 0 Å². The molecule has 0 aliphatic heterocycles. The molecule has 1 aromatic rings. The fourth-order valence-electron chi connectivity index (χ4n) is 1.77. The summed E-state index contributed by atoms with van der Waals surface area (Å²) in [4.78, 5) is 9.09. The largest absolute Gasteiger partial charge is 0.360 e. The van der Waals surface area contributed by atoms with Crippen LogP contribution in [0.2, 0.25) is 0 Å². The Kier molecular flexibility index (Phi) is 6.68. The van der Waals surface area contributed by atoms with Crippen LogP contribution in [0.25, 0.3) is 0 Å². The van der Waals surface area contributed by atoms with Gasteiger partial charge in [-0.2, -0.15) is 0 Å². The van der Waals surface area contributed by atoms with E-state index in [4.69, 9.17) is 0 Å². The van der Waals surface area contributed by atoms with Gasteiger partial charge in [-0.3, -0.25) is 0 Å². The number of anilines is 1. The van der Waals surface area contributed by atoms with E-state index in [0.717, 1.165) is 44.1 Å². The quantitative estimate of drug-likeness (QED) is 0.759. The molecule has 1 rings (SSSR count). The van der Waals surface area contributed by atoms with Crippen molar-refractivity contribution >= 4 is 5.82 Å². The van der Waals surface area contributed by atoms with Crippen LogP contribution in [0.15, 0.2) is 18.2 Å². The molecule has 0 atom stereocenters. The van der Waals surface area contributed by atoms with Gasteiger partial charge in [0.25, 0.3) is 0 Å². The molecule has 0 bridgehead atoms. The van der Waals surface area contributed by atoms with Gasteiger partial charge >= 0.3 is 0 Å². The highest BCUT2D eigenvalue weighted by atomic mass is 15.2. The summed E-state index contributed by atoms with van der Waals surface area (Å²) in [5.74, 6) is 1.06. The van der Waals surface area contributed by atoms with Gasteiger partial charge < -0.3 is 15.1 Å². The van der Waals surface area contributed by atoms with Gasteiger partial charge in [0.2, 0.25) is 0 Å². The number of nitrogens with one attached hydrogen (secondary N) is 1. The molecule has 4 nitrogen and oxygen atoms in total. The summed E-state index contributed by atoms with van der Waals surface area (Å²) in [7, 11) is 6.32. The molecule has 1 heterocycles. The zero-order valence-electron chi connectivity index (χ0n) is 12.1. The standard InChI is InChI=1S/C14H26N4/c1-5-15-12-13-8-6-9-14(16-13)18(4)11-7-10-17(2)3/h6,8-9,15H,5,7,10-12H2,1-4H3. The number of hydrogen-bond donors (Lipinski definition) is 1. The van der Waals surface area contributed by atoms with E-state index < -0.39 is 0 Å². The molecule has 0 unspecified atom stereocenters. The van der Waals surface area contributed by atoms with Crippen LogP contribution in [-0.4, -0.2) is 50.7 Å². The van der Waals surface area contributed by atoms with Gasteiger partial charge in [-0.05, 0) is 45.7 Å². The molecule has 0 saturated carbocycles. The third-order valence-electron chi connectivity index (χ3n) is 2.84. The van der Waals surface area contributed by atoms with Crippen LogP contribution in [-0.2, 0) is 6.54 Å². The van der Waals surface area contributed by atoms with E-state index in [0.29, 0.717) is 0 Å². The van der Waals surface area contributed by atoms with Crippen molar-refractivity contribution in [3.05, 3.63) is 23.9 Å². The monoisotopic (exact) mass is 250 g/mol. The maximum atomic E-state index is 4.66. The van der Waals surface area contributed by atoms with Crippen LogP contribution in [0.5, 0.6) is 0 Å². The fraction of sp³-hybridized carbons (Fsp3) is 0.643. The maximum Gasteiger partial charge on any atom is 0.128 e. The van der Waals surface area contributed by atoms with Crippen molar-refractivity contribution in [3.8, 4) is 0 Å². The molecule has 0 fully saturated rings.